The second-order valence-electron chi connectivity index (χ2n) is 9.50. The predicted molar refractivity (Wildman–Crippen MR) is 155 cm³/mol. The SMILES string of the molecule is CCCC[P+](CCCC)(CCCC)CCCC.O=C([O-])c1ccccc1[S+]([O-])c1ccccc1C(=O)O. The zero-order chi connectivity index (χ0) is 27.7. The summed E-state index contributed by atoms with van der Waals surface area (Å²) in [4.78, 5) is 22.2. The number of carboxylic acid groups (broad SMARTS) is 2. The van der Waals surface area contributed by atoms with Crippen LogP contribution in [0.2, 0.25) is 0 Å². The molecule has 2 aromatic carbocycles. The summed E-state index contributed by atoms with van der Waals surface area (Å²) in [6, 6.07) is 11.4. The van der Waals surface area contributed by atoms with Crippen molar-refractivity contribution in [1.29, 1.82) is 0 Å². The van der Waals surface area contributed by atoms with Gasteiger partial charge in [0.05, 0.1) is 36.2 Å². The van der Waals surface area contributed by atoms with E-state index in [0.29, 0.717) is 0 Å². The molecule has 0 aliphatic heterocycles. The molecule has 7 heteroatoms. The van der Waals surface area contributed by atoms with Crippen molar-refractivity contribution in [3.63, 3.8) is 0 Å². The predicted octanol–water partition coefficient (Wildman–Crippen LogP) is 7.12. The monoisotopic (exact) mass is 548 g/mol. The Morgan fingerprint density at radius 1 is 0.703 bits per heavy atom. The summed E-state index contributed by atoms with van der Waals surface area (Å²) in [5.41, 5.74) is -0.343. The third-order valence-corrected chi connectivity index (χ3v) is 13.1. The van der Waals surface area contributed by atoms with Crippen molar-refractivity contribution in [1.82, 2.24) is 0 Å². The third-order valence-electron chi connectivity index (χ3n) is 6.57. The molecule has 206 valence electrons. The number of hydrogen-bond acceptors (Lipinski definition) is 4. The van der Waals surface area contributed by atoms with Gasteiger partial charge in [-0.2, -0.15) is 0 Å². The van der Waals surface area contributed by atoms with Crippen LogP contribution in [0.15, 0.2) is 58.3 Å². The van der Waals surface area contributed by atoms with Crippen LogP contribution in [0, 0.1) is 0 Å². The Morgan fingerprint density at radius 2 is 1.05 bits per heavy atom. The van der Waals surface area contributed by atoms with Crippen molar-refractivity contribution >= 4 is 30.4 Å². The highest BCUT2D eigenvalue weighted by Crippen LogP contribution is 2.61. The summed E-state index contributed by atoms with van der Waals surface area (Å²) in [6.45, 7) is 9.42. The molecule has 0 saturated heterocycles. The Hall–Kier alpha value is -1.88. The van der Waals surface area contributed by atoms with Gasteiger partial charge in [-0.15, -0.1) is 0 Å². The lowest BCUT2D eigenvalue weighted by Gasteiger charge is -2.28. The zero-order valence-corrected chi connectivity index (χ0v) is 24.8. The molecule has 37 heavy (non-hydrogen) atoms. The number of benzene rings is 2. The summed E-state index contributed by atoms with van der Waals surface area (Å²) in [5, 5.41) is 20.1. The van der Waals surface area contributed by atoms with E-state index in [1.54, 1.807) is 30.7 Å². The topological polar surface area (TPSA) is 100 Å². The Morgan fingerprint density at radius 3 is 1.41 bits per heavy atom. The maximum Gasteiger partial charge on any atom is 0.340 e. The first-order valence-corrected chi connectivity index (χ1v) is 17.3. The average molecular weight is 549 g/mol. The molecule has 5 nitrogen and oxygen atoms in total. The molecule has 0 aliphatic carbocycles. The molecule has 0 amide bonds. The molecule has 1 atom stereocenters. The van der Waals surface area contributed by atoms with Gasteiger partial charge in [-0.3, -0.25) is 0 Å². The first-order chi connectivity index (χ1) is 17.8. The molecular formula is C30H45O5PS. The molecular weight excluding hydrogens is 503 g/mol. The molecule has 0 heterocycles. The fraction of sp³-hybridized carbons (Fsp3) is 0.533. The van der Waals surface area contributed by atoms with Crippen molar-refractivity contribution in [3.8, 4) is 0 Å². The molecule has 0 fully saturated rings. The lowest BCUT2D eigenvalue weighted by atomic mass is 10.2. The molecule has 0 spiro atoms. The minimum atomic E-state index is -1.91. The van der Waals surface area contributed by atoms with Crippen molar-refractivity contribution in [2.75, 3.05) is 24.6 Å². The van der Waals surface area contributed by atoms with Gasteiger partial charge in [-0.1, -0.05) is 77.6 Å². The highest BCUT2D eigenvalue weighted by atomic mass is 32.2. The normalized spacial score (nSPS) is 11.9. The van der Waals surface area contributed by atoms with Crippen molar-refractivity contribution < 1.29 is 24.4 Å². The van der Waals surface area contributed by atoms with E-state index in [0.717, 1.165) is 0 Å². The number of carboxylic acids is 2. The number of carbonyl (C=O) groups is 2. The number of hydrogen-bond donors (Lipinski definition) is 1. The van der Waals surface area contributed by atoms with E-state index in [4.69, 9.17) is 5.11 Å². The van der Waals surface area contributed by atoms with Gasteiger partial charge in [0, 0.05) is 18.4 Å². The molecule has 1 N–H and O–H groups in total. The van der Waals surface area contributed by atoms with Crippen LogP contribution in [0.3, 0.4) is 0 Å². The molecule has 0 radical (unpaired) electrons. The molecule has 2 aromatic rings. The van der Waals surface area contributed by atoms with Crippen LogP contribution in [-0.2, 0) is 11.2 Å². The van der Waals surface area contributed by atoms with E-state index in [-0.39, 0.29) is 20.9 Å². The number of carbonyl (C=O) groups excluding carboxylic acids is 1. The summed E-state index contributed by atoms with van der Waals surface area (Å²) >= 11 is -1.91. The molecule has 0 aliphatic rings. The maximum absolute atomic E-state index is 12.5. The van der Waals surface area contributed by atoms with Gasteiger partial charge < -0.3 is 19.6 Å². The van der Waals surface area contributed by atoms with Gasteiger partial charge in [0.25, 0.3) is 0 Å². The minimum absolute atomic E-state index is 0.0150. The third kappa shape index (κ3) is 11.2. The number of aromatic carboxylic acids is 2. The van der Waals surface area contributed by atoms with Gasteiger partial charge in [-0.25, -0.2) is 4.79 Å². The first kappa shape index (κ1) is 33.1. The van der Waals surface area contributed by atoms with Crippen LogP contribution in [0.4, 0.5) is 0 Å². The second-order valence-corrected chi connectivity index (χ2v) is 15.4. The highest BCUT2D eigenvalue weighted by Gasteiger charge is 2.34. The fourth-order valence-electron chi connectivity index (χ4n) is 4.37. The van der Waals surface area contributed by atoms with Gasteiger partial charge >= 0.3 is 5.97 Å². The largest absolute Gasteiger partial charge is 0.606 e. The van der Waals surface area contributed by atoms with Crippen LogP contribution >= 0.6 is 7.26 Å². The zero-order valence-electron chi connectivity index (χ0n) is 23.0. The van der Waals surface area contributed by atoms with Gasteiger partial charge in [0.1, 0.15) is 5.56 Å². The quantitative estimate of drug-likeness (QED) is 0.178. The Labute approximate surface area is 227 Å². The molecule has 2 rings (SSSR count). The van der Waals surface area contributed by atoms with Crippen molar-refractivity contribution in [3.05, 3.63) is 59.7 Å². The lowest BCUT2D eigenvalue weighted by molar-refractivity contribution is -0.255. The van der Waals surface area contributed by atoms with Gasteiger partial charge in [0.2, 0.25) is 0 Å². The Bertz CT molecular complexity index is 854. The smallest absolute Gasteiger partial charge is 0.340 e. The molecule has 0 saturated carbocycles. The van der Waals surface area contributed by atoms with E-state index in [1.165, 1.54) is 93.8 Å². The van der Waals surface area contributed by atoms with Crippen LogP contribution in [-0.4, -0.2) is 46.2 Å². The van der Waals surface area contributed by atoms with Crippen LogP contribution in [0.1, 0.15) is 99.8 Å². The minimum Gasteiger partial charge on any atom is -0.606 e. The highest BCUT2D eigenvalue weighted by molar-refractivity contribution is 7.91. The lowest BCUT2D eigenvalue weighted by Crippen LogP contribution is -2.25. The molecule has 0 aromatic heterocycles. The van der Waals surface area contributed by atoms with E-state index in [2.05, 4.69) is 27.7 Å². The molecule has 1 unspecified atom stereocenters. The van der Waals surface area contributed by atoms with Crippen LogP contribution in [0.25, 0.3) is 0 Å². The van der Waals surface area contributed by atoms with Gasteiger partial charge in [-0.05, 0) is 49.9 Å². The summed E-state index contributed by atoms with van der Waals surface area (Å²) < 4.78 is 12.5. The maximum atomic E-state index is 12.5. The average Bonchev–Trinajstić information content (AvgIpc) is 2.92. The Kier molecular flexibility index (Phi) is 16.5. The summed E-state index contributed by atoms with van der Waals surface area (Å²) in [6.07, 6.45) is 17.9. The second kappa shape index (κ2) is 18.4. The fourth-order valence-corrected chi connectivity index (χ4v) is 11.0. The van der Waals surface area contributed by atoms with E-state index < -0.39 is 30.4 Å². The van der Waals surface area contributed by atoms with Gasteiger partial charge in [0.15, 0.2) is 9.79 Å². The Balaban J connectivity index is 0.000000377. The summed E-state index contributed by atoms with van der Waals surface area (Å²) in [5.74, 6) is -2.68. The van der Waals surface area contributed by atoms with Crippen molar-refractivity contribution in [2.24, 2.45) is 0 Å². The van der Waals surface area contributed by atoms with Crippen molar-refractivity contribution in [2.45, 2.75) is 88.9 Å². The standard InChI is InChI=1S/C16H36P.C14H10O5S/c1-5-9-13-17(14-10-6-2,15-11-7-3)16-12-8-4;15-13(16)9-5-1-3-7-11(9)20(19)12-8-4-2-6-10(12)14(17)18/h5-16H2,1-4H3;1-8H,(H,15,16)(H,17,18)/q+1;/p-1. The number of unbranched alkanes of at least 4 members (excludes halogenated alkanes) is 4. The number of rotatable bonds is 16. The van der Waals surface area contributed by atoms with E-state index in [1.807, 2.05) is 0 Å². The van der Waals surface area contributed by atoms with E-state index >= 15 is 0 Å². The molecule has 0 bridgehead atoms. The first-order valence-electron chi connectivity index (χ1n) is 13.7. The summed E-state index contributed by atoms with van der Waals surface area (Å²) in [7, 11) is -0.562. The van der Waals surface area contributed by atoms with Crippen LogP contribution < -0.4 is 5.11 Å². The van der Waals surface area contributed by atoms with Crippen LogP contribution in [0.5, 0.6) is 0 Å². The van der Waals surface area contributed by atoms with E-state index in [9.17, 15) is 19.2 Å².